The standard InChI is InChI=1S/C12H10N4O2S/c13-12(10-6-7-11(19-10)18-8-17)15-16-14-9-4-2-1-3-5-9/h1-8H,(H2,13,14,15). The van der Waals surface area contributed by atoms with Crippen molar-refractivity contribution in [2.24, 2.45) is 21.2 Å². The lowest BCUT2D eigenvalue weighted by atomic mass is 10.3. The van der Waals surface area contributed by atoms with Crippen molar-refractivity contribution in [2.75, 3.05) is 0 Å². The summed E-state index contributed by atoms with van der Waals surface area (Å²) in [5.41, 5.74) is 6.42. The van der Waals surface area contributed by atoms with Gasteiger partial charge in [0.1, 0.15) is 0 Å². The molecule has 0 saturated carbocycles. The Bertz CT molecular complexity index is 607. The molecule has 6 nitrogen and oxygen atoms in total. The molecule has 7 heteroatoms. The van der Waals surface area contributed by atoms with Crippen LogP contribution in [0.4, 0.5) is 5.69 Å². The number of benzene rings is 1. The van der Waals surface area contributed by atoms with Crippen LogP contribution in [-0.2, 0) is 4.79 Å². The predicted octanol–water partition coefficient (Wildman–Crippen LogP) is 2.69. The Morgan fingerprint density at radius 1 is 1.21 bits per heavy atom. The molecule has 0 amide bonds. The van der Waals surface area contributed by atoms with Crippen LogP contribution in [0.1, 0.15) is 4.88 Å². The molecule has 0 radical (unpaired) electrons. The first-order chi connectivity index (χ1) is 9.29. The fraction of sp³-hybridized carbons (Fsp3) is 0. The quantitative estimate of drug-likeness (QED) is 0.299. The minimum Gasteiger partial charge on any atom is -0.418 e. The number of hydrogen-bond acceptors (Lipinski definition) is 5. The Labute approximate surface area is 113 Å². The Kier molecular flexibility index (Phi) is 4.35. The second-order valence-electron chi connectivity index (χ2n) is 3.34. The average Bonchev–Trinajstić information content (AvgIpc) is 2.89. The summed E-state index contributed by atoms with van der Waals surface area (Å²) >= 11 is 1.20. The van der Waals surface area contributed by atoms with Gasteiger partial charge in [-0.2, -0.15) is 0 Å². The number of nitrogens with two attached hydrogens (primary N) is 1. The van der Waals surface area contributed by atoms with Crippen molar-refractivity contribution in [1.29, 1.82) is 0 Å². The monoisotopic (exact) mass is 274 g/mol. The zero-order valence-corrected chi connectivity index (χ0v) is 10.6. The Morgan fingerprint density at radius 2 is 2.00 bits per heavy atom. The van der Waals surface area contributed by atoms with Gasteiger partial charge >= 0.3 is 0 Å². The van der Waals surface area contributed by atoms with Gasteiger partial charge in [0.15, 0.2) is 10.9 Å². The third-order valence-corrected chi connectivity index (χ3v) is 3.07. The van der Waals surface area contributed by atoms with Crippen molar-refractivity contribution in [3.8, 4) is 5.06 Å². The SMILES string of the molecule is N/C(=N\N=Nc1ccccc1)c1ccc(OC=O)s1. The minimum absolute atomic E-state index is 0.213. The van der Waals surface area contributed by atoms with Gasteiger partial charge in [0.2, 0.25) is 0 Å². The maximum atomic E-state index is 10.2. The summed E-state index contributed by atoms with van der Waals surface area (Å²) in [6, 6.07) is 12.5. The zero-order chi connectivity index (χ0) is 13.5. The van der Waals surface area contributed by atoms with Gasteiger partial charge < -0.3 is 10.5 Å². The number of amidine groups is 1. The summed E-state index contributed by atoms with van der Waals surface area (Å²) in [5, 5.41) is 11.8. The van der Waals surface area contributed by atoms with Crippen LogP contribution in [0.25, 0.3) is 0 Å². The van der Waals surface area contributed by atoms with Crippen LogP contribution in [0.15, 0.2) is 57.9 Å². The molecule has 1 aromatic heterocycles. The van der Waals surface area contributed by atoms with Gasteiger partial charge in [-0.3, -0.25) is 4.79 Å². The molecule has 0 unspecified atom stereocenters. The fourth-order valence-electron chi connectivity index (χ4n) is 1.23. The Balaban J connectivity index is 2.06. The van der Waals surface area contributed by atoms with Crippen molar-refractivity contribution >= 4 is 29.3 Å². The van der Waals surface area contributed by atoms with Crippen molar-refractivity contribution in [3.63, 3.8) is 0 Å². The lowest BCUT2D eigenvalue weighted by molar-refractivity contribution is -0.120. The molecule has 0 atom stereocenters. The smallest absolute Gasteiger partial charge is 0.299 e. The predicted molar refractivity (Wildman–Crippen MR) is 72.7 cm³/mol. The first kappa shape index (κ1) is 12.9. The molecule has 19 heavy (non-hydrogen) atoms. The molecule has 1 aromatic carbocycles. The van der Waals surface area contributed by atoms with Gasteiger partial charge in [-0.05, 0) is 29.5 Å². The van der Waals surface area contributed by atoms with Crippen LogP contribution in [0.3, 0.4) is 0 Å². The van der Waals surface area contributed by atoms with Gasteiger partial charge in [0, 0.05) is 0 Å². The van der Waals surface area contributed by atoms with E-state index in [-0.39, 0.29) is 5.84 Å². The summed E-state index contributed by atoms with van der Waals surface area (Å²) in [5.74, 6) is 0.213. The summed E-state index contributed by atoms with van der Waals surface area (Å²) in [6.45, 7) is 0.359. The van der Waals surface area contributed by atoms with E-state index >= 15 is 0 Å². The van der Waals surface area contributed by atoms with E-state index in [4.69, 9.17) is 5.73 Å². The zero-order valence-electron chi connectivity index (χ0n) is 9.76. The van der Waals surface area contributed by atoms with Gasteiger partial charge in [0.05, 0.1) is 10.6 Å². The highest BCUT2D eigenvalue weighted by Crippen LogP contribution is 2.23. The molecular formula is C12H10N4O2S. The van der Waals surface area contributed by atoms with Crippen molar-refractivity contribution in [2.45, 2.75) is 0 Å². The summed E-state index contributed by atoms with van der Waals surface area (Å²) in [4.78, 5) is 10.8. The topological polar surface area (TPSA) is 89.4 Å². The number of thiophene rings is 1. The molecule has 0 saturated heterocycles. The number of ether oxygens (including phenoxy) is 1. The van der Waals surface area contributed by atoms with Gasteiger partial charge in [0.25, 0.3) is 6.47 Å². The van der Waals surface area contributed by atoms with Crippen molar-refractivity contribution in [1.82, 2.24) is 0 Å². The van der Waals surface area contributed by atoms with Crippen LogP contribution < -0.4 is 10.5 Å². The number of carbonyl (C=O) groups is 1. The molecule has 0 bridgehead atoms. The van der Waals surface area contributed by atoms with E-state index in [9.17, 15) is 4.79 Å². The highest BCUT2D eigenvalue weighted by molar-refractivity contribution is 7.15. The summed E-state index contributed by atoms with van der Waals surface area (Å²) in [6.07, 6.45) is 0. The second-order valence-corrected chi connectivity index (χ2v) is 4.39. The van der Waals surface area contributed by atoms with E-state index < -0.39 is 0 Å². The molecule has 0 spiro atoms. The third kappa shape index (κ3) is 3.71. The van der Waals surface area contributed by atoms with Crippen LogP contribution in [-0.4, -0.2) is 12.3 Å². The maximum absolute atomic E-state index is 10.2. The van der Waals surface area contributed by atoms with Crippen molar-refractivity contribution in [3.05, 3.63) is 47.3 Å². The molecule has 2 aromatic rings. The number of nitrogens with zero attached hydrogens (tertiary/aromatic N) is 3. The average molecular weight is 274 g/mol. The molecule has 1 heterocycles. The van der Waals surface area contributed by atoms with Gasteiger partial charge in [-0.1, -0.05) is 29.5 Å². The van der Waals surface area contributed by atoms with E-state index in [1.54, 1.807) is 24.3 Å². The van der Waals surface area contributed by atoms with Gasteiger partial charge in [-0.15, -0.1) is 10.2 Å². The number of hydrogen-bond donors (Lipinski definition) is 1. The number of carbonyl (C=O) groups excluding carboxylic acids is 1. The van der Waals surface area contributed by atoms with Crippen LogP contribution in [0, 0.1) is 0 Å². The molecule has 2 rings (SSSR count). The highest BCUT2D eigenvalue weighted by Gasteiger charge is 2.04. The lowest BCUT2D eigenvalue weighted by Gasteiger charge is -1.92. The first-order valence-electron chi connectivity index (χ1n) is 5.29. The van der Waals surface area contributed by atoms with Crippen LogP contribution in [0.5, 0.6) is 5.06 Å². The first-order valence-corrected chi connectivity index (χ1v) is 6.11. The van der Waals surface area contributed by atoms with E-state index in [0.717, 1.165) is 0 Å². The summed E-state index contributed by atoms with van der Waals surface area (Å²) in [7, 11) is 0. The molecule has 0 aliphatic heterocycles. The van der Waals surface area contributed by atoms with Gasteiger partial charge in [-0.25, -0.2) is 0 Å². The van der Waals surface area contributed by atoms with Crippen LogP contribution >= 0.6 is 11.3 Å². The Hall–Kier alpha value is -2.54. The molecule has 0 aliphatic rings. The molecule has 96 valence electrons. The minimum atomic E-state index is 0.213. The van der Waals surface area contributed by atoms with Crippen molar-refractivity contribution < 1.29 is 9.53 Å². The van der Waals surface area contributed by atoms with E-state index in [2.05, 4.69) is 20.2 Å². The molecule has 2 N–H and O–H groups in total. The molecule has 0 aliphatic carbocycles. The third-order valence-electron chi connectivity index (χ3n) is 2.07. The summed E-state index contributed by atoms with van der Waals surface area (Å²) < 4.78 is 4.68. The van der Waals surface area contributed by atoms with Crippen LogP contribution in [0.2, 0.25) is 0 Å². The largest absolute Gasteiger partial charge is 0.418 e. The number of rotatable bonds is 5. The second kappa shape index (κ2) is 6.41. The Morgan fingerprint density at radius 3 is 2.74 bits per heavy atom. The lowest BCUT2D eigenvalue weighted by Crippen LogP contribution is -2.10. The van der Waals surface area contributed by atoms with E-state index in [1.807, 2.05) is 18.2 Å². The van der Waals surface area contributed by atoms with E-state index in [1.165, 1.54) is 11.3 Å². The van der Waals surface area contributed by atoms with E-state index in [0.29, 0.717) is 22.1 Å². The molecule has 0 fully saturated rings. The molecular weight excluding hydrogens is 264 g/mol. The normalized spacial score (nSPS) is 11.7. The fourth-order valence-corrected chi connectivity index (χ4v) is 1.96. The maximum Gasteiger partial charge on any atom is 0.299 e. The highest BCUT2D eigenvalue weighted by atomic mass is 32.1.